The number of nitrogens with one attached hydrogen (secondary N) is 1. The second-order valence-corrected chi connectivity index (χ2v) is 7.43. The van der Waals surface area contributed by atoms with Gasteiger partial charge in [-0.15, -0.1) is 0 Å². The lowest BCUT2D eigenvalue weighted by molar-refractivity contribution is -0.127. The van der Waals surface area contributed by atoms with Gasteiger partial charge in [0.15, 0.2) is 0 Å². The van der Waals surface area contributed by atoms with E-state index >= 15 is 0 Å². The fraction of sp³-hybridized carbons (Fsp3) is 0.579. The molecule has 0 bridgehead atoms. The maximum Gasteiger partial charge on any atom is 0.407 e. The van der Waals surface area contributed by atoms with Crippen molar-refractivity contribution in [2.75, 3.05) is 19.6 Å². The summed E-state index contributed by atoms with van der Waals surface area (Å²) in [6, 6.07) is 3.71. The number of aryl methyl sites for hydroxylation is 1. The molecule has 0 aliphatic carbocycles. The standard InChI is InChI=1S/C19H28N2O4/c1-14-5-6-16(24-14)7-8-17(22)21-11-9-15(10-12-21)13-20-18(23)25-19(2,3)4/h5-8,15H,9-13H2,1-4H3,(H,20,23)/b8-7+. The highest BCUT2D eigenvalue weighted by atomic mass is 16.6. The maximum atomic E-state index is 12.2. The van der Waals surface area contributed by atoms with Gasteiger partial charge in [-0.1, -0.05) is 0 Å². The molecule has 6 heteroatoms. The fourth-order valence-corrected chi connectivity index (χ4v) is 2.70. The number of carbonyl (C=O) groups excluding carboxylic acids is 2. The predicted octanol–water partition coefficient (Wildman–Crippen LogP) is 3.36. The molecule has 0 unspecified atom stereocenters. The zero-order chi connectivity index (χ0) is 18.4. The number of hydrogen-bond donors (Lipinski definition) is 1. The van der Waals surface area contributed by atoms with Crippen LogP contribution in [0.4, 0.5) is 4.79 Å². The van der Waals surface area contributed by atoms with E-state index in [1.165, 1.54) is 0 Å². The van der Waals surface area contributed by atoms with Gasteiger partial charge < -0.3 is 19.4 Å². The van der Waals surface area contributed by atoms with E-state index < -0.39 is 5.60 Å². The topological polar surface area (TPSA) is 71.8 Å². The van der Waals surface area contributed by atoms with Crippen molar-refractivity contribution in [2.45, 2.75) is 46.1 Å². The highest BCUT2D eigenvalue weighted by Crippen LogP contribution is 2.17. The SMILES string of the molecule is Cc1ccc(/C=C/C(=O)N2CCC(CNC(=O)OC(C)(C)C)CC2)o1. The summed E-state index contributed by atoms with van der Waals surface area (Å²) < 4.78 is 10.6. The quantitative estimate of drug-likeness (QED) is 0.847. The summed E-state index contributed by atoms with van der Waals surface area (Å²) in [7, 11) is 0. The first kappa shape index (κ1) is 19.1. The summed E-state index contributed by atoms with van der Waals surface area (Å²) >= 11 is 0. The van der Waals surface area contributed by atoms with Crippen molar-refractivity contribution in [3.63, 3.8) is 0 Å². The van der Waals surface area contributed by atoms with Gasteiger partial charge in [0.05, 0.1) is 0 Å². The van der Waals surface area contributed by atoms with Crippen molar-refractivity contribution >= 4 is 18.1 Å². The van der Waals surface area contributed by atoms with Crippen LogP contribution in [0.1, 0.15) is 45.1 Å². The van der Waals surface area contributed by atoms with Crippen molar-refractivity contribution < 1.29 is 18.7 Å². The van der Waals surface area contributed by atoms with Crippen molar-refractivity contribution in [2.24, 2.45) is 5.92 Å². The molecule has 0 spiro atoms. The predicted molar refractivity (Wildman–Crippen MR) is 96.0 cm³/mol. The number of furan rings is 1. The second-order valence-electron chi connectivity index (χ2n) is 7.43. The smallest absolute Gasteiger partial charge is 0.407 e. The third-order valence-corrected chi connectivity index (χ3v) is 4.01. The molecule has 2 rings (SSSR count). The maximum absolute atomic E-state index is 12.2. The van der Waals surface area contributed by atoms with Gasteiger partial charge >= 0.3 is 6.09 Å². The van der Waals surface area contributed by atoms with E-state index in [9.17, 15) is 9.59 Å². The minimum absolute atomic E-state index is 0.00685. The number of rotatable bonds is 4. The lowest BCUT2D eigenvalue weighted by Gasteiger charge is -2.31. The van der Waals surface area contributed by atoms with E-state index in [1.54, 1.807) is 12.2 Å². The number of amides is 2. The van der Waals surface area contributed by atoms with E-state index in [-0.39, 0.29) is 12.0 Å². The molecule has 0 aromatic carbocycles. The molecule has 0 radical (unpaired) electrons. The number of hydrogen-bond acceptors (Lipinski definition) is 4. The Morgan fingerprint density at radius 1 is 1.32 bits per heavy atom. The van der Waals surface area contributed by atoms with Gasteiger partial charge in [0.25, 0.3) is 0 Å². The van der Waals surface area contributed by atoms with Crippen LogP contribution in [0.2, 0.25) is 0 Å². The van der Waals surface area contributed by atoms with Gasteiger partial charge in [0.1, 0.15) is 17.1 Å². The summed E-state index contributed by atoms with van der Waals surface area (Å²) in [5.41, 5.74) is -0.487. The minimum Gasteiger partial charge on any atom is -0.462 e. The van der Waals surface area contributed by atoms with Crippen LogP contribution < -0.4 is 5.32 Å². The van der Waals surface area contributed by atoms with Crippen LogP contribution in [-0.2, 0) is 9.53 Å². The number of piperidine rings is 1. The van der Waals surface area contributed by atoms with Gasteiger partial charge in [-0.25, -0.2) is 4.79 Å². The third kappa shape index (κ3) is 6.64. The van der Waals surface area contributed by atoms with Gasteiger partial charge in [0.2, 0.25) is 5.91 Å². The third-order valence-electron chi connectivity index (χ3n) is 4.01. The van der Waals surface area contributed by atoms with Crippen LogP contribution in [0.15, 0.2) is 22.6 Å². The van der Waals surface area contributed by atoms with Crippen molar-refractivity contribution in [3.8, 4) is 0 Å². The van der Waals surface area contributed by atoms with E-state index in [2.05, 4.69) is 5.32 Å². The Morgan fingerprint density at radius 3 is 2.56 bits per heavy atom. The van der Waals surface area contributed by atoms with E-state index in [0.717, 1.165) is 18.6 Å². The molecule has 1 aliphatic rings. The second kappa shape index (κ2) is 8.23. The molecule has 138 valence electrons. The number of likely N-dealkylation sites (tertiary alicyclic amines) is 1. The van der Waals surface area contributed by atoms with E-state index in [4.69, 9.17) is 9.15 Å². The molecule has 1 N–H and O–H groups in total. The average Bonchev–Trinajstić information content (AvgIpc) is 2.95. The van der Waals surface area contributed by atoms with Crippen LogP contribution in [0.5, 0.6) is 0 Å². The molecule has 1 fully saturated rings. The van der Waals surface area contributed by atoms with Crippen LogP contribution in [0.25, 0.3) is 6.08 Å². The summed E-state index contributed by atoms with van der Waals surface area (Å²) in [6.45, 7) is 9.37. The Labute approximate surface area is 149 Å². The molecule has 25 heavy (non-hydrogen) atoms. The molecule has 6 nitrogen and oxygen atoms in total. The molecular weight excluding hydrogens is 320 g/mol. The lowest BCUT2D eigenvalue weighted by Crippen LogP contribution is -2.41. The highest BCUT2D eigenvalue weighted by Gasteiger charge is 2.23. The average molecular weight is 348 g/mol. The Kier molecular flexibility index (Phi) is 6.28. The highest BCUT2D eigenvalue weighted by molar-refractivity contribution is 5.91. The number of ether oxygens (including phenoxy) is 1. The summed E-state index contributed by atoms with van der Waals surface area (Å²) in [5.74, 6) is 1.87. The fourth-order valence-electron chi connectivity index (χ4n) is 2.70. The summed E-state index contributed by atoms with van der Waals surface area (Å²) in [6.07, 6.45) is 4.61. The van der Waals surface area contributed by atoms with Gasteiger partial charge in [0, 0.05) is 25.7 Å². The molecule has 0 atom stereocenters. The molecule has 0 saturated carbocycles. The first-order valence-corrected chi connectivity index (χ1v) is 8.73. The van der Waals surface area contributed by atoms with Gasteiger partial charge in [-0.2, -0.15) is 0 Å². The largest absolute Gasteiger partial charge is 0.462 e. The van der Waals surface area contributed by atoms with Crippen LogP contribution in [0.3, 0.4) is 0 Å². The Bertz CT molecular complexity index is 620. The Balaban J connectivity index is 1.71. The first-order chi connectivity index (χ1) is 11.7. The molecule has 1 saturated heterocycles. The number of nitrogens with zero attached hydrogens (tertiary/aromatic N) is 1. The van der Waals surface area contributed by atoms with E-state index in [1.807, 2.05) is 44.7 Å². The zero-order valence-electron chi connectivity index (χ0n) is 15.5. The molecule has 1 aromatic rings. The van der Waals surface area contributed by atoms with Crippen LogP contribution in [0, 0.1) is 12.8 Å². The summed E-state index contributed by atoms with van der Waals surface area (Å²) in [4.78, 5) is 25.7. The van der Waals surface area contributed by atoms with Gasteiger partial charge in [-0.3, -0.25) is 4.79 Å². The number of carbonyl (C=O) groups is 2. The number of alkyl carbamates (subject to hydrolysis) is 1. The zero-order valence-corrected chi connectivity index (χ0v) is 15.5. The van der Waals surface area contributed by atoms with Crippen molar-refractivity contribution in [1.82, 2.24) is 10.2 Å². The first-order valence-electron chi connectivity index (χ1n) is 8.73. The van der Waals surface area contributed by atoms with E-state index in [0.29, 0.717) is 31.3 Å². The minimum atomic E-state index is -0.487. The molecular formula is C19H28N2O4. The molecule has 2 amide bonds. The van der Waals surface area contributed by atoms with Crippen molar-refractivity contribution in [3.05, 3.63) is 29.7 Å². The Morgan fingerprint density at radius 2 is 2.00 bits per heavy atom. The lowest BCUT2D eigenvalue weighted by atomic mass is 9.97. The van der Waals surface area contributed by atoms with Crippen LogP contribution in [-0.4, -0.2) is 42.1 Å². The molecule has 1 aromatic heterocycles. The Hall–Kier alpha value is -2.24. The normalized spacial score (nSPS) is 16.2. The molecule has 2 heterocycles. The van der Waals surface area contributed by atoms with Crippen molar-refractivity contribution in [1.29, 1.82) is 0 Å². The van der Waals surface area contributed by atoms with Gasteiger partial charge in [-0.05, 0) is 64.7 Å². The van der Waals surface area contributed by atoms with Crippen LogP contribution >= 0.6 is 0 Å². The summed E-state index contributed by atoms with van der Waals surface area (Å²) in [5, 5.41) is 2.81. The molecule has 1 aliphatic heterocycles. The monoisotopic (exact) mass is 348 g/mol.